The lowest BCUT2D eigenvalue weighted by Crippen LogP contribution is -2.54. The van der Waals surface area contributed by atoms with E-state index < -0.39 is 30.1 Å². The van der Waals surface area contributed by atoms with Gasteiger partial charge in [-0.25, -0.2) is 9.59 Å². The minimum atomic E-state index is -1.09. The predicted molar refractivity (Wildman–Crippen MR) is 140 cm³/mol. The molecule has 7 nitrogen and oxygen atoms in total. The molecular formula is C29H38N2O5. The van der Waals surface area contributed by atoms with Crippen molar-refractivity contribution in [3.8, 4) is 11.1 Å². The largest absolute Gasteiger partial charge is 0.480 e. The van der Waals surface area contributed by atoms with E-state index >= 15 is 0 Å². The second kappa shape index (κ2) is 11.6. The van der Waals surface area contributed by atoms with Crippen molar-refractivity contribution >= 4 is 18.0 Å². The van der Waals surface area contributed by atoms with Crippen LogP contribution in [-0.2, 0) is 14.3 Å². The number of carbonyl (C=O) groups is 3. The van der Waals surface area contributed by atoms with Crippen LogP contribution in [0.5, 0.6) is 0 Å². The smallest absolute Gasteiger partial charge is 0.407 e. The average molecular weight is 495 g/mol. The van der Waals surface area contributed by atoms with Crippen molar-refractivity contribution < 1.29 is 24.2 Å². The van der Waals surface area contributed by atoms with E-state index in [9.17, 15) is 19.5 Å². The van der Waals surface area contributed by atoms with Crippen LogP contribution in [-0.4, -0.2) is 41.8 Å². The average Bonchev–Trinajstić information content (AvgIpc) is 3.16. The zero-order chi connectivity index (χ0) is 26.5. The first-order valence-corrected chi connectivity index (χ1v) is 12.7. The Hall–Kier alpha value is -3.35. The Balaban J connectivity index is 1.66. The quantitative estimate of drug-likeness (QED) is 0.414. The third-order valence-corrected chi connectivity index (χ3v) is 6.91. The lowest BCUT2D eigenvalue weighted by molar-refractivity contribution is -0.142. The van der Waals surface area contributed by atoms with Gasteiger partial charge in [-0.15, -0.1) is 0 Å². The van der Waals surface area contributed by atoms with Gasteiger partial charge in [0.15, 0.2) is 0 Å². The van der Waals surface area contributed by atoms with Crippen molar-refractivity contribution in [1.29, 1.82) is 0 Å². The highest BCUT2D eigenvalue weighted by molar-refractivity contribution is 5.89. The molecule has 0 saturated carbocycles. The second-order valence-electron chi connectivity index (χ2n) is 10.8. The number of amides is 2. The molecule has 0 fully saturated rings. The van der Waals surface area contributed by atoms with Crippen molar-refractivity contribution in [1.82, 2.24) is 10.6 Å². The van der Waals surface area contributed by atoms with E-state index in [2.05, 4.69) is 22.8 Å². The highest BCUT2D eigenvalue weighted by atomic mass is 16.5. The zero-order valence-electron chi connectivity index (χ0n) is 21.8. The number of rotatable bonds is 10. The number of alkyl carbamates (subject to hydrolysis) is 1. The van der Waals surface area contributed by atoms with Crippen LogP contribution in [0.4, 0.5) is 4.79 Å². The van der Waals surface area contributed by atoms with Crippen LogP contribution in [0.1, 0.15) is 70.9 Å². The number of fused-ring (bicyclic) bond motifs is 3. The van der Waals surface area contributed by atoms with Crippen molar-refractivity contribution in [2.45, 2.75) is 71.9 Å². The van der Waals surface area contributed by atoms with Crippen molar-refractivity contribution in [2.24, 2.45) is 11.3 Å². The molecule has 2 aromatic rings. The van der Waals surface area contributed by atoms with E-state index in [-0.39, 0.29) is 23.9 Å². The van der Waals surface area contributed by atoms with E-state index in [4.69, 9.17) is 4.74 Å². The second-order valence-corrected chi connectivity index (χ2v) is 10.8. The van der Waals surface area contributed by atoms with Crippen LogP contribution in [0.2, 0.25) is 0 Å². The van der Waals surface area contributed by atoms with Crippen LogP contribution >= 0.6 is 0 Å². The van der Waals surface area contributed by atoms with Crippen LogP contribution in [0, 0.1) is 11.3 Å². The van der Waals surface area contributed by atoms with Gasteiger partial charge in [0.25, 0.3) is 0 Å². The number of benzene rings is 2. The van der Waals surface area contributed by atoms with Gasteiger partial charge >= 0.3 is 12.1 Å². The Morgan fingerprint density at radius 1 is 0.972 bits per heavy atom. The van der Waals surface area contributed by atoms with Crippen LogP contribution in [0.25, 0.3) is 11.1 Å². The summed E-state index contributed by atoms with van der Waals surface area (Å²) in [5.74, 6) is -1.90. The molecule has 3 rings (SSSR count). The minimum Gasteiger partial charge on any atom is -0.480 e. The first-order valence-electron chi connectivity index (χ1n) is 12.7. The Kier molecular flexibility index (Phi) is 8.77. The van der Waals surface area contributed by atoms with Crippen LogP contribution in [0.3, 0.4) is 0 Å². The summed E-state index contributed by atoms with van der Waals surface area (Å²) in [6.07, 6.45) is 0.876. The number of carboxylic acid groups (broad SMARTS) is 1. The topological polar surface area (TPSA) is 105 Å². The number of ether oxygens (including phenoxy) is 1. The standard InChI is InChI=1S/C29H38N2O5/c1-6-18(2)25(26(32)30-24(27(33)34)15-16-29(3,4)5)31-28(35)36-17-23-21-13-9-7-11-19(21)20-12-8-10-14-22(20)23/h7-14,18,23-25H,6,15-17H2,1-5H3,(H,30,32)(H,31,35)(H,33,34)/t18-,24-,25-/m0/s1. The Labute approximate surface area is 213 Å². The van der Waals surface area contributed by atoms with Crippen LogP contribution in [0.15, 0.2) is 48.5 Å². The van der Waals surface area contributed by atoms with Gasteiger partial charge in [0, 0.05) is 5.92 Å². The monoisotopic (exact) mass is 494 g/mol. The summed E-state index contributed by atoms with van der Waals surface area (Å²) in [5, 5.41) is 14.9. The number of nitrogens with one attached hydrogen (secondary N) is 2. The van der Waals surface area contributed by atoms with Gasteiger partial charge in [-0.3, -0.25) is 4.79 Å². The first-order chi connectivity index (χ1) is 17.0. The molecular weight excluding hydrogens is 456 g/mol. The summed E-state index contributed by atoms with van der Waals surface area (Å²) in [5.41, 5.74) is 4.41. The summed E-state index contributed by atoms with van der Waals surface area (Å²) < 4.78 is 5.61. The minimum absolute atomic E-state index is 0.0614. The van der Waals surface area contributed by atoms with E-state index in [1.807, 2.05) is 71.0 Å². The van der Waals surface area contributed by atoms with Gasteiger partial charge in [0.05, 0.1) is 0 Å². The summed E-state index contributed by atoms with van der Waals surface area (Å²) in [7, 11) is 0. The molecule has 0 bridgehead atoms. The maximum Gasteiger partial charge on any atom is 0.407 e. The molecule has 0 aromatic heterocycles. The third kappa shape index (κ3) is 6.65. The molecule has 1 aliphatic carbocycles. The first kappa shape index (κ1) is 27.2. The summed E-state index contributed by atoms with van der Waals surface area (Å²) >= 11 is 0. The molecule has 0 heterocycles. The normalized spacial score (nSPS) is 15.2. The molecule has 1 aliphatic rings. The molecule has 0 aliphatic heterocycles. The third-order valence-electron chi connectivity index (χ3n) is 6.91. The molecule has 0 unspecified atom stereocenters. The number of hydrogen-bond donors (Lipinski definition) is 3. The fourth-order valence-electron chi connectivity index (χ4n) is 4.57. The Bertz CT molecular complexity index is 1050. The zero-order valence-corrected chi connectivity index (χ0v) is 21.8. The summed E-state index contributed by atoms with van der Waals surface area (Å²) in [6.45, 7) is 9.97. The van der Waals surface area contributed by atoms with Gasteiger partial charge < -0.3 is 20.5 Å². The molecule has 7 heteroatoms. The van der Waals surface area contributed by atoms with Gasteiger partial charge in [-0.2, -0.15) is 0 Å². The van der Waals surface area contributed by atoms with E-state index in [1.54, 1.807) is 0 Å². The number of aliphatic carboxylic acids is 1. The van der Waals surface area contributed by atoms with Crippen molar-refractivity contribution in [3.63, 3.8) is 0 Å². The van der Waals surface area contributed by atoms with Gasteiger partial charge in [-0.1, -0.05) is 89.6 Å². The molecule has 0 radical (unpaired) electrons. The highest BCUT2D eigenvalue weighted by Crippen LogP contribution is 2.44. The molecule has 0 saturated heterocycles. The maximum atomic E-state index is 13.1. The highest BCUT2D eigenvalue weighted by Gasteiger charge is 2.32. The molecule has 2 aromatic carbocycles. The number of carbonyl (C=O) groups excluding carboxylic acids is 2. The molecule has 3 N–H and O–H groups in total. The van der Waals surface area contributed by atoms with Crippen molar-refractivity contribution in [2.75, 3.05) is 6.61 Å². The Morgan fingerprint density at radius 2 is 1.53 bits per heavy atom. The van der Waals surface area contributed by atoms with Gasteiger partial charge in [0.2, 0.25) is 5.91 Å². The summed E-state index contributed by atoms with van der Waals surface area (Å²) in [6, 6.07) is 14.2. The van der Waals surface area contributed by atoms with E-state index in [1.165, 1.54) is 0 Å². The molecule has 194 valence electrons. The lowest BCUT2D eigenvalue weighted by Gasteiger charge is -2.26. The fraction of sp³-hybridized carbons (Fsp3) is 0.483. The lowest BCUT2D eigenvalue weighted by atomic mass is 9.88. The van der Waals surface area contributed by atoms with Gasteiger partial charge in [-0.05, 0) is 46.4 Å². The number of carboxylic acids is 1. The molecule has 0 spiro atoms. The fourth-order valence-corrected chi connectivity index (χ4v) is 4.57. The van der Waals surface area contributed by atoms with E-state index in [0.717, 1.165) is 22.3 Å². The summed E-state index contributed by atoms with van der Waals surface area (Å²) in [4.78, 5) is 37.6. The molecule has 2 amide bonds. The number of hydrogen-bond acceptors (Lipinski definition) is 4. The Morgan fingerprint density at radius 3 is 2.03 bits per heavy atom. The molecule has 36 heavy (non-hydrogen) atoms. The van der Waals surface area contributed by atoms with E-state index in [0.29, 0.717) is 19.3 Å². The SMILES string of the molecule is CC[C@H](C)[C@H](NC(=O)OCC1c2ccccc2-c2ccccc21)C(=O)N[C@@H](CCC(C)(C)C)C(=O)O. The van der Waals surface area contributed by atoms with Crippen molar-refractivity contribution in [3.05, 3.63) is 59.7 Å². The maximum absolute atomic E-state index is 13.1. The predicted octanol–water partition coefficient (Wildman–Crippen LogP) is 5.34. The van der Waals surface area contributed by atoms with Crippen LogP contribution < -0.4 is 10.6 Å². The molecule has 3 atom stereocenters. The van der Waals surface area contributed by atoms with Gasteiger partial charge in [0.1, 0.15) is 18.7 Å².